The highest BCUT2D eigenvalue weighted by atomic mass is 19.4. The Bertz CT molecular complexity index is 1000. The van der Waals surface area contributed by atoms with Crippen molar-refractivity contribution in [1.82, 2.24) is 20.2 Å². The predicted octanol–water partition coefficient (Wildman–Crippen LogP) is 4.04. The number of nitrogens with zero attached hydrogens (tertiary/aromatic N) is 3. The van der Waals surface area contributed by atoms with Crippen LogP contribution in [0.3, 0.4) is 0 Å². The van der Waals surface area contributed by atoms with Crippen molar-refractivity contribution in [3.05, 3.63) is 40.0 Å². The molecule has 1 aliphatic carbocycles. The van der Waals surface area contributed by atoms with E-state index in [-0.39, 0.29) is 28.5 Å². The van der Waals surface area contributed by atoms with Gasteiger partial charge in [-0.2, -0.15) is 13.2 Å². The molecule has 136 valence electrons. The van der Waals surface area contributed by atoms with Crippen LogP contribution in [0.4, 0.5) is 13.2 Å². The number of H-pyrrole nitrogens is 1. The summed E-state index contributed by atoms with van der Waals surface area (Å²) in [6.45, 7) is 0. The fourth-order valence-electron chi connectivity index (χ4n) is 3.25. The second kappa shape index (κ2) is 6.22. The minimum Gasteiger partial charge on any atom is -0.419 e. The van der Waals surface area contributed by atoms with Gasteiger partial charge in [0.05, 0.1) is 16.6 Å². The topological polar surface area (TPSA) is 84.7 Å². The van der Waals surface area contributed by atoms with Gasteiger partial charge in [0.2, 0.25) is 5.89 Å². The number of aromatic amines is 1. The number of fused-ring (bicyclic) bond motifs is 1. The lowest BCUT2D eigenvalue weighted by Gasteiger charge is -2.17. The van der Waals surface area contributed by atoms with Crippen molar-refractivity contribution in [3.63, 3.8) is 0 Å². The predicted molar refractivity (Wildman–Crippen MR) is 86.5 cm³/mol. The summed E-state index contributed by atoms with van der Waals surface area (Å²) in [6, 6.07) is 2.98. The Hall–Kier alpha value is -2.71. The molecule has 0 saturated heterocycles. The number of hydrogen-bond donors (Lipinski definition) is 1. The number of benzene rings is 1. The highest BCUT2D eigenvalue weighted by molar-refractivity contribution is 5.76. The second-order valence-corrected chi connectivity index (χ2v) is 6.42. The van der Waals surface area contributed by atoms with Gasteiger partial charge in [-0.1, -0.05) is 19.3 Å². The van der Waals surface area contributed by atoms with Crippen molar-refractivity contribution in [1.29, 1.82) is 0 Å². The summed E-state index contributed by atoms with van der Waals surface area (Å²) in [5.41, 5.74) is -1.40. The third-order valence-electron chi connectivity index (χ3n) is 4.62. The summed E-state index contributed by atoms with van der Waals surface area (Å²) in [6.07, 6.45) is 0.804. The fraction of sp³-hybridized carbons (Fsp3) is 0.412. The lowest BCUT2D eigenvalue weighted by Crippen LogP contribution is -2.13. The lowest BCUT2D eigenvalue weighted by molar-refractivity contribution is -0.137. The third kappa shape index (κ3) is 3.09. The van der Waals surface area contributed by atoms with Crippen molar-refractivity contribution >= 4 is 11.0 Å². The van der Waals surface area contributed by atoms with Crippen molar-refractivity contribution in [2.75, 3.05) is 0 Å². The first kappa shape index (κ1) is 16.7. The summed E-state index contributed by atoms with van der Waals surface area (Å²) in [5.74, 6) is 0.640. The second-order valence-electron chi connectivity index (χ2n) is 6.42. The fourth-order valence-corrected chi connectivity index (χ4v) is 3.25. The Morgan fingerprint density at radius 2 is 1.88 bits per heavy atom. The monoisotopic (exact) mass is 364 g/mol. The zero-order chi connectivity index (χ0) is 18.3. The van der Waals surface area contributed by atoms with Gasteiger partial charge >= 0.3 is 6.18 Å². The van der Waals surface area contributed by atoms with Crippen LogP contribution in [0.25, 0.3) is 22.6 Å². The van der Waals surface area contributed by atoms with Crippen LogP contribution in [0.1, 0.15) is 49.5 Å². The Kier molecular flexibility index (Phi) is 4.01. The van der Waals surface area contributed by atoms with Gasteiger partial charge in [-0.25, -0.2) is 4.98 Å². The molecule has 0 radical (unpaired) electrons. The molecule has 4 rings (SSSR count). The molecule has 0 amide bonds. The van der Waals surface area contributed by atoms with Gasteiger partial charge in [0, 0.05) is 5.92 Å². The average molecular weight is 364 g/mol. The van der Waals surface area contributed by atoms with Gasteiger partial charge in [-0.05, 0) is 31.0 Å². The quantitative estimate of drug-likeness (QED) is 0.742. The van der Waals surface area contributed by atoms with Crippen LogP contribution in [-0.4, -0.2) is 20.2 Å². The van der Waals surface area contributed by atoms with Gasteiger partial charge in [0.25, 0.3) is 11.4 Å². The molecule has 1 saturated carbocycles. The average Bonchev–Trinajstić information content (AvgIpc) is 3.10. The van der Waals surface area contributed by atoms with Crippen LogP contribution in [0.15, 0.2) is 27.4 Å². The van der Waals surface area contributed by atoms with E-state index >= 15 is 0 Å². The standard InChI is InChI=1S/C17H15F3N4O2/c18-17(19,20)10-6-7-11-12(8-10)22-14(25)13(21-11)16-24-23-15(26-16)9-4-2-1-3-5-9/h6-9H,1-5H2,(H,22,25). The Balaban J connectivity index is 1.72. The van der Waals surface area contributed by atoms with Gasteiger partial charge in [-0.15, -0.1) is 10.2 Å². The Morgan fingerprint density at radius 3 is 2.62 bits per heavy atom. The molecule has 6 nitrogen and oxygen atoms in total. The molecule has 0 atom stereocenters. The smallest absolute Gasteiger partial charge is 0.416 e. The number of halogens is 3. The van der Waals surface area contributed by atoms with Crippen LogP contribution in [-0.2, 0) is 6.18 Å². The first-order valence-electron chi connectivity index (χ1n) is 8.37. The van der Waals surface area contributed by atoms with E-state index in [0.29, 0.717) is 5.89 Å². The molecule has 0 bridgehead atoms. The maximum atomic E-state index is 12.8. The lowest BCUT2D eigenvalue weighted by atomic mass is 9.89. The molecule has 0 aliphatic heterocycles. The largest absolute Gasteiger partial charge is 0.419 e. The summed E-state index contributed by atoms with van der Waals surface area (Å²) < 4.78 is 44.0. The van der Waals surface area contributed by atoms with E-state index in [9.17, 15) is 18.0 Å². The molecule has 26 heavy (non-hydrogen) atoms. The van der Waals surface area contributed by atoms with Crippen LogP contribution in [0, 0.1) is 0 Å². The molecule has 1 aromatic carbocycles. The normalized spacial score (nSPS) is 16.3. The van der Waals surface area contributed by atoms with Crippen molar-refractivity contribution in [2.24, 2.45) is 0 Å². The maximum Gasteiger partial charge on any atom is 0.416 e. The van der Waals surface area contributed by atoms with Crippen molar-refractivity contribution < 1.29 is 17.6 Å². The van der Waals surface area contributed by atoms with Crippen LogP contribution < -0.4 is 5.56 Å². The summed E-state index contributed by atoms with van der Waals surface area (Å²) >= 11 is 0. The van der Waals surface area contributed by atoms with Gasteiger partial charge in [0.1, 0.15) is 0 Å². The Labute approximate surface area is 145 Å². The van der Waals surface area contributed by atoms with Gasteiger partial charge < -0.3 is 9.40 Å². The van der Waals surface area contributed by atoms with Gasteiger partial charge in [-0.3, -0.25) is 4.79 Å². The molecule has 2 heterocycles. The summed E-state index contributed by atoms with van der Waals surface area (Å²) in [4.78, 5) is 18.8. The molecule has 1 N–H and O–H groups in total. The number of nitrogens with one attached hydrogen (secondary N) is 1. The van der Waals surface area contributed by atoms with Crippen molar-refractivity contribution in [2.45, 2.75) is 44.2 Å². The van der Waals surface area contributed by atoms with Crippen LogP contribution in [0.5, 0.6) is 0 Å². The van der Waals surface area contributed by atoms with Crippen molar-refractivity contribution in [3.8, 4) is 11.6 Å². The molecule has 1 fully saturated rings. The third-order valence-corrected chi connectivity index (χ3v) is 4.62. The molecular weight excluding hydrogens is 349 g/mol. The SMILES string of the molecule is O=c1[nH]c2cc(C(F)(F)F)ccc2nc1-c1nnc(C2CCCCC2)o1. The van der Waals surface area contributed by atoms with E-state index in [1.54, 1.807) is 0 Å². The molecular formula is C17H15F3N4O2. The van der Waals surface area contributed by atoms with Gasteiger partial charge in [0.15, 0.2) is 5.69 Å². The van der Waals surface area contributed by atoms with E-state index in [0.717, 1.165) is 37.8 Å². The van der Waals surface area contributed by atoms with Crippen LogP contribution in [0.2, 0.25) is 0 Å². The summed E-state index contributed by atoms with van der Waals surface area (Å²) in [5, 5.41) is 7.93. The Morgan fingerprint density at radius 1 is 1.12 bits per heavy atom. The van der Waals surface area contributed by atoms with E-state index < -0.39 is 17.3 Å². The summed E-state index contributed by atoms with van der Waals surface area (Å²) in [7, 11) is 0. The zero-order valence-corrected chi connectivity index (χ0v) is 13.6. The first-order valence-corrected chi connectivity index (χ1v) is 8.37. The highest BCUT2D eigenvalue weighted by Gasteiger charge is 2.31. The number of hydrogen-bond acceptors (Lipinski definition) is 5. The molecule has 1 aliphatic rings. The number of rotatable bonds is 2. The van der Waals surface area contributed by atoms with E-state index in [1.807, 2.05) is 0 Å². The molecule has 9 heteroatoms. The van der Waals surface area contributed by atoms with E-state index in [1.165, 1.54) is 12.5 Å². The zero-order valence-electron chi connectivity index (χ0n) is 13.6. The molecule has 0 unspecified atom stereocenters. The highest BCUT2D eigenvalue weighted by Crippen LogP contribution is 2.33. The minimum atomic E-state index is -4.49. The first-order chi connectivity index (χ1) is 12.4. The van der Waals surface area contributed by atoms with E-state index in [4.69, 9.17) is 4.42 Å². The molecule has 3 aromatic rings. The number of alkyl halides is 3. The minimum absolute atomic E-state index is 0.000550. The van der Waals surface area contributed by atoms with E-state index in [2.05, 4.69) is 20.2 Å². The number of aromatic nitrogens is 4. The van der Waals surface area contributed by atoms with Crippen LogP contribution >= 0.6 is 0 Å². The molecule has 0 spiro atoms. The molecule has 2 aromatic heterocycles. The maximum absolute atomic E-state index is 12.8.